The van der Waals surface area contributed by atoms with Crippen LogP contribution in [-0.4, -0.2) is 10.5 Å². The van der Waals surface area contributed by atoms with Crippen LogP contribution in [0.2, 0.25) is 0 Å². The number of hydrogen-bond acceptors (Lipinski definition) is 4. The van der Waals surface area contributed by atoms with E-state index in [0.29, 0.717) is 5.89 Å². The second kappa shape index (κ2) is 4.13. The van der Waals surface area contributed by atoms with Crippen molar-refractivity contribution in [2.75, 3.05) is 0 Å². The molecule has 92 valence electrons. The van der Waals surface area contributed by atoms with Gasteiger partial charge in [0.2, 0.25) is 0 Å². The number of nitrogens with two attached hydrogens (primary N) is 2. The third-order valence-electron chi connectivity index (χ3n) is 2.69. The summed E-state index contributed by atoms with van der Waals surface area (Å²) in [5, 5.41) is 0. The smallest absolute Gasteiger partial charge is 0.192 e. The summed E-state index contributed by atoms with van der Waals surface area (Å²) in [6, 6.07) is 5.79. The molecule has 2 rings (SSSR count). The van der Waals surface area contributed by atoms with Crippen molar-refractivity contribution in [2.45, 2.75) is 38.8 Å². The Kier molecular flexibility index (Phi) is 2.93. The molecule has 4 nitrogen and oxygen atoms in total. The molecule has 0 saturated carbocycles. The van der Waals surface area contributed by atoms with Gasteiger partial charge in [-0.25, -0.2) is 4.98 Å². The molecule has 4 heteroatoms. The topological polar surface area (TPSA) is 78.1 Å². The minimum absolute atomic E-state index is 0.0789. The molecule has 4 N–H and O–H groups in total. The summed E-state index contributed by atoms with van der Waals surface area (Å²) < 4.78 is 5.49. The fourth-order valence-electron chi connectivity index (χ4n) is 1.97. The first-order valence-corrected chi connectivity index (χ1v) is 5.77. The maximum atomic E-state index is 6.14. The lowest BCUT2D eigenvalue weighted by Gasteiger charge is -2.23. The summed E-state index contributed by atoms with van der Waals surface area (Å²) in [6.07, 6.45) is 0.728. The third-order valence-corrected chi connectivity index (χ3v) is 2.69. The number of fused-ring (bicyclic) bond motifs is 1. The van der Waals surface area contributed by atoms with Gasteiger partial charge in [-0.2, -0.15) is 0 Å². The maximum absolute atomic E-state index is 6.14. The van der Waals surface area contributed by atoms with Gasteiger partial charge in [0.05, 0.1) is 0 Å². The highest BCUT2D eigenvalue weighted by molar-refractivity contribution is 5.73. The first-order valence-electron chi connectivity index (χ1n) is 5.77. The molecule has 0 aliphatic carbocycles. The van der Waals surface area contributed by atoms with E-state index in [1.54, 1.807) is 0 Å². The lowest BCUT2D eigenvalue weighted by Crippen LogP contribution is -2.35. The SMILES string of the molecule is Cc1nc2ccc(C(N)CC(C)(C)N)cc2o1. The number of oxazole rings is 1. The van der Waals surface area contributed by atoms with Crippen LogP contribution < -0.4 is 11.5 Å². The van der Waals surface area contributed by atoms with Gasteiger partial charge in [0.25, 0.3) is 0 Å². The molecule has 1 atom stereocenters. The van der Waals surface area contributed by atoms with Gasteiger partial charge in [0, 0.05) is 18.5 Å². The van der Waals surface area contributed by atoms with Crippen molar-refractivity contribution in [1.82, 2.24) is 4.98 Å². The molecular formula is C13H19N3O. The average molecular weight is 233 g/mol. The van der Waals surface area contributed by atoms with Crippen LogP contribution in [0.5, 0.6) is 0 Å². The quantitative estimate of drug-likeness (QED) is 0.852. The zero-order chi connectivity index (χ0) is 12.6. The zero-order valence-electron chi connectivity index (χ0n) is 10.5. The van der Waals surface area contributed by atoms with E-state index in [2.05, 4.69) is 4.98 Å². The van der Waals surface area contributed by atoms with Gasteiger partial charge < -0.3 is 15.9 Å². The summed E-state index contributed by atoms with van der Waals surface area (Å²) in [6.45, 7) is 5.79. The number of nitrogens with zero attached hydrogens (tertiary/aromatic N) is 1. The van der Waals surface area contributed by atoms with Crippen molar-refractivity contribution in [3.05, 3.63) is 29.7 Å². The third kappa shape index (κ3) is 2.84. The molecule has 1 aromatic carbocycles. The molecule has 2 aromatic rings. The van der Waals surface area contributed by atoms with E-state index in [9.17, 15) is 0 Å². The average Bonchev–Trinajstić information content (AvgIpc) is 2.53. The highest BCUT2D eigenvalue weighted by atomic mass is 16.3. The van der Waals surface area contributed by atoms with Crippen LogP contribution in [-0.2, 0) is 0 Å². The zero-order valence-corrected chi connectivity index (χ0v) is 10.5. The lowest BCUT2D eigenvalue weighted by molar-refractivity contribution is 0.429. The number of aromatic nitrogens is 1. The molecule has 0 fully saturated rings. The second-order valence-corrected chi connectivity index (χ2v) is 5.26. The molecule has 17 heavy (non-hydrogen) atoms. The van der Waals surface area contributed by atoms with E-state index in [1.807, 2.05) is 39.0 Å². The predicted molar refractivity (Wildman–Crippen MR) is 68.6 cm³/mol. The molecule has 1 unspecified atom stereocenters. The first kappa shape index (κ1) is 12.1. The number of aryl methyl sites for hydroxylation is 1. The predicted octanol–water partition coefficient (Wildman–Crippen LogP) is 2.26. The van der Waals surface area contributed by atoms with Crippen molar-refractivity contribution in [3.8, 4) is 0 Å². The minimum Gasteiger partial charge on any atom is -0.441 e. The van der Waals surface area contributed by atoms with Crippen LogP contribution >= 0.6 is 0 Å². The summed E-state index contributed by atoms with van der Waals surface area (Å²) >= 11 is 0. The molecule has 1 heterocycles. The van der Waals surface area contributed by atoms with Crippen LogP contribution in [0.4, 0.5) is 0 Å². The molecule has 0 bridgehead atoms. The highest BCUT2D eigenvalue weighted by Gasteiger charge is 2.18. The lowest BCUT2D eigenvalue weighted by atomic mass is 9.92. The van der Waals surface area contributed by atoms with Crippen LogP contribution in [0.1, 0.15) is 37.8 Å². The Bertz CT molecular complexity index is 525. The van der Waals surface area contributed by atoms with Gasteiger partial charge in [-0.05, 0) is 38.0 Å². The molecule has 0 aliphatic rings. The van der Waals surface area contributed by atoms with E-state index in [1.165, 1.54) is 0 Å². The van der Waals surface area contributed by atoms with Crippen LogP contribution in [0.15, 0.2) is 22.6 Å². The normalized spacial score (nSPS) is 14.2. The molecule has 0 amide bonds. The molecule has 0 radical (unpaired) electrons. The number of rotatable bonds is 3. The summed E-state index contributed by atoms with van der Waals surface area (Å²) in [7, 11) is 0. The molecule has 1 aromatic heterocycles. The van der Waals surface area contributed by atoms with E-state index in [0.717, 1.165) is 23.1 Å². The van der Waals surface area contributed by atoms with E-state index in [4.69, 9.17) is 15.9 Å². The molecule has 0 aliphatic heterocycles. The molecule has 0 saturated heterocycles. The van der Waals surface area contributed by atoms with Gasteiger partial charge in [0.1, 0.15) is 5.52 Å². The fraction of sp³-hybridized carbons (Fsp3) is 0.462. The van der Waals surface area contributed by atoms with Crippen molar-refractivity contribution in [1.29, 1.82) is 0 Å². The Labute approximate surface area is 101 Å². The monoisotopic (exact) mass is 233 g/mol. The number of hydrogen-bond donors (Lipinski definition) is 2. The Morgan fingerprint density at radius 1 is 1.41 bits per heavy atom. The standard InChI is InChI=1S/C13H19N3O/c1-8-16-11-5-4-9(6-12(11)17-8)10(14)7-13(2,3)15/h4-6,10H,7,14-15H2,1-3H3. The summed E-state index contributed by atoms with van der Waals surface area (Å²) in [4.78, 5) is 4.26. The second-order valence-electron chi connectivity index (χ2n) is 5.26. The van der Waals surface area contributed by atoms with E-state index in [-0.39, 0.29) is 11.6 Å². The molecule has 0 spiro atoms. The van der Waals surface area contributed by atoms with Crippen molar-refractivity contribution >= 4 is 11.1 Å². The van der Waals surface area contributed by atoms with Gasteiger partial charge >= 0.3 is 0 Å². The Hall–Kier alpha value is -1.39. The Morgan fingerprint density at radius 3 is 2.76 bits per heavy atom. The Balaban J connectivity index is 2.29. The van der Waals surface area contributed by atoms with E-state index >= 15 is 0 Å². The molecular weight excluding hydrogens is 214 g/mol. The van der Waals surface area contributed by atoms with Gasteiger partial charge in [0.15, 0.2) is 11.5 Å². The van der Waals surface area contributed by atoms with Crippen molar-refractivity contribution in [3.63, 3.8) is 0 Å². The van der Waals surface area contributed by atoms with Crippen LogP contribution in [0.3, 0.4) is 0 Å². The Morgan fingerprint density at radius 2 is 2.12 bits per heavy atom. The minimum atomic E-state index is -0.272. The fourth-order valence-corrected chi connectivity index (χ4v) is 1.97. The summed E-state index contributed by atoms with van der Waals surface area (Å²) in [5.74, 6) is 0.671. The van der Waals surface area contributed by atoms with Crippen molar-refractivity contribution < 1.29 is 4.42 Å². The van der Waals surface area contributed by atoms with Gasteiger partial charge in [-0.1, -0.05) is 6.07 Å². The van der Waals surface area contributed by atoms with Crippen LogP contribution in [0, 0.1) is 6.92 Å². The maximum Gasteiger partial charge on any atom is 0.192 e. The highest BCUT2D eigenvalue weighted by Crippen LogP contribution is 2.24. The first-order chi connectivity index (χ1) is 7.85. The van der Waals surface area contributed by atoms with Crippen LogP contribution in [0.25, 0.3) is 11.1 Å². The van der Waals surface area contributed by atoms with Gasteiger partial charge in [-0.15, -0.1) is 0 Å². The largest absolute Gasteiger partial charge is 0.441 e. The van der Waals surface area contributed by atoms with E-state index < -0.39 is 0 Å². The van der Waals surface area contributed by atoms with Crippen molar-refractivity contribution in [2.24, 2.45) is 11.5 Å². The van der Waals surface area contributed by atoms with Gasteiger partial charge in [-0.3, -0.25) is 0 Å². The number of benzene rings is 1. The summed E-state index contributed by atoms with van der Waals surface area (Å²) in [5.41, 5.74) is 14.5.